The van der Waals surface area contributed by atoms with Gasteiger partial charge in [0, 0.05) is 18.2 Å². The van der Waals surface area contributed by atoms with Gasteiger partial charge in [-0.05, 0) is 44.0 Å². The van der Waals surface area contributed by atoms with Crippen molar-refractivity contribution in [1.82, 2.24) is 9.78 Å². The Labute approximate surface area is 112 Å². The average Bonchev–Trinajstić information content (AvgIpc) is 2.76. The van der Waals surface area contributed by atoms with Crippen molar-refractivity contribution in [3.05, 3.63) is 53.1 Å². The third kappa shape index (κ3) is 3.20. The molecule has 0 aliphatic rings. The van der Waals surface area contributed by atoms with E-state index in [2.05, 4.69) is 5.10 Å². The second-order valence-electron chi connectivity index (χ2n) is 4.73. The zero-order valence-electron chi connectivity index (χ0n) is 11.3. The molecule has 0 saturated carbocycles. The Bertz CT molecular complexity index is 551. The van der Waals surface area contributed by atoms with E-state index in [4.69, 9.17) is 0 Å². The molecule has 4 heteroatoms. The molecular formula is C15H19FN2O. The van der Waals surface area contributed by atoms with Crippen molar-refractivity contribution in [2.45, 2.75) is 32.7 Å². The minimum absolute atomic E-state index is 0.00258. The number of benzene rings is 1. The van der Waals surface area contributed by atoms with Crippen molar-refractivity contribution < 1.29 is 9.50 Å². The molecule has 3 nitrogen and oxygen atoms in total. The normalized spacial score (nSPS) is 12.6. The summed E-state index contributed by atoms with van der Waals surface area (Å²) < 4.78 is 15.2. The maximum atomic E-state index is 13.3. The number of aliphatic hydroxyl groups is 1. The lowest BCUT2D eigenvalue weighted by molar-refractivity contribution is 0.262. The first-order valence-corrected chi connectivity index (χ1v) is 6.53. The van der Waals surface area contributed by atoms with Crippen LogP contribution in [-0.4, -0.2) is 21.5 Å². The van der Waals surface area contributed by atoms with Crippen molar-refractivity contribution in [3.63, 3.8) is 0 Å². The van der Waals surface area contributed by atoms with E-state index in [1.807, 2.05) is 30.7 Å². The molecule has 1 aromatic carbocycles. The quantitative estimate of drug-likeness (QED) is 0.899. The molecule has 1 atom stereocenters. The monoisotopic (exact) mass is 262 g/mol. The molecule has 0 aliphatic carbocycles. The van der Waals surface area contributed by atoms with Crippen LogP contribution in [0, 0.1) is 12.7 Å². The summed E-state index contributed by atoms with van der Waals surface area (Å²) in [5.41, 5.74) is 2.86. The molecule has 0 saturated heterocycles. The lowest BCUT2D eigenvalue weighted by Crippen LogP contribution is -2.12. The van der Waals surface area contributed by atoms with Crippen LogP contribution in [0.2, 0.25) is 0 Å². The predicted octanol–water partition coefficient (Wildman–Crippen LogP) is 2.67. The molecule has 1 aromatic heterocycles. The summed E-state index contributed by atoms with van der Waals surface area (Å²) in [6.45, 7) is 4.78. The summed E-state index contributed by atoms with van der Waals surface area (Å²) in [6, 6.07) is 8.45. The molecule has 2 rings (SSSR count). The van der Waals surface area contributed by atoms with Crippen LogP contribution in [0.15, 0.2) is 30.3 Å². The van der Waals surface area contributed by atoms with E-state index in [-0.39, 0.29) is 18.3 Å². The minimum Gasteiger partial charge on any atom is -0.396 e. The maximum Gasteiger partial charge on any atom is 0.123 e. The largest absolute Gasteiger partial charge is 0.396 e. The highest BCUT2D eigenvalue weighted by Crippen LogP contribution is 2.21. The summed E-state index contributed by atoms with van der Waals surface area (Å²) in [4.78, 5) is 0. The molecule has 0 amide bonds. The first kappa shape index (κ1) is 13.7. The number of rotatable bonds is 5. The molecule has 1 N–H and O–H groups in total. The van der Waals surface area contributed by atoms with Crippen LogP contribution in [0.25, 0.3) is 0 Å². The molecule has 1 unspecified atom stereocenters. The van der Waals surface area contributed by atoms with Gasteiger partial charge in [0.15, 0.2) is 0 Å². The Morgan fingerprint density at radius 2 is 2.16 bits per heavy atom. The number of aromatic nitrogens is 2. The molecule has 102 valence electrons. The average molecular weight is 262 g/mol. The molecule has 0 bridgehead atoms. The van der Waals surface area contributed by atoms with Crippen LogP contribution in [-0.2, 0) is 13.0 Å². The summed E-state index contributed by atoms with van der Waals surface area (Å²) in [6.07, 6.45) is 0.661. The molecule has 0 fully saturated rings. The highest BCUT2D eigenvalue weighted by Gasteiger charge is 2.15. The van der Waals surface area contributed by atoms with Crippen LogP contribution in [0.4, 0.5) is 4.39 Å². The van der Waals surface area contributed by atoms with Gasteiger partial charge in [-0.15, -0.1) is 0 Å². The van der Waals surface area contributed by atoms with Gasteiger partial charge >= 0.3 is 0 Å². The third-order valence-corrected chi connectivity index (χ3v) is 3.28. The van der Waals surface area contributed by atoms with Crippen LogP contribution < -0.4 is 0 Å². The van der Waals surface area contributed by atoms with Crippen LogP contribution in [0.1, 0.15) is 29.8 Å². The number of aliphatic hydroxyl groups excluding tert-OH is 1. The lowest BCUT2D eigenvalue weighted by atomic mass is 9.95. The summed E-state index contributed by atoms with van der Waals surface area (Å²) in [5, 5.41) is 13.9. The number of hydrogen-bond donors (Lipinski definition) is 1. The molecule has 0 spiro atoms. The molecule has 2 aromatic rings. The summed E-state index contributed by atoms with van der Waals surface area (Å²) in [7, 11) is 0. The first-order valence-electron chi connectivity index (χ1n) is 6.53. The van der Waals surface area contributed by atoms with Gasteiger partial charge in [0.1, 0.15) is 5.82 Å². The van der Waals surface area contributed by atoms with Crippen molar-refractivity contribution in [3.8, 4) is 0 Å². The van der Waals surface area contributed by atoms with Crippen LogP contribution in [0.5, 0.6) is 0 Å². The second kappa shape index (κ2) is 5.97. The molecule has 0 radical (unpaired) electrons. The van der Waals surface area contributed by atoms with E-state index in [1.165, 1.54) is 12.1 Å². The zero-order valence-corrected chi connectivity index (χ0v) is 11.3. The van der Waals surface area contributed by atoms with Gasteiger partial charge in [-0.2, -0.15) is 5.10 Å². The fraction of sp³-hybridized carbons (Fsp3) is 0.400. The Kier molecular flexibility index (Phi) is 4.32. The molecule has 19 heavy (non-hydrogen) atoms. The standard InChI is InChI=1S/C15H19FN2O/c1-3-18-15(7-11(2)17-18)9-13(10-19)12-5-4-6-14(16)8-12/h4-8,13,19H,3,9-10H2,1-2H3. The maximum absolute atomic E-state index is 13.3. The number of halogens is 1. The fourth-order valence-corrected chi connectivity index (χ4v) is 2.34. The summed E-state index contributed by atoms with van der Waals surface area (Å²) in [5.74, 6) is -0.367. The fourth-order valence-electron chi connectivity index (χ4n) is 2.34. The number of aryl methyl sites for hydroxylation is 2. The van der Waals surface area contributed by atoms with Crippen LogP contribution >= 0.6 is 0 Å². The second-order valence-corrected chi connectivity index (χ2v) is 4.73. The molecule has 1 heterocycles. The van der Waals surface area contributed by atoms with Crippen molar-refractivity contribution >= 4 is 0 Å². The van der Waals surface area contributed by atoms with E-state index in [9.17, 15) is 9.50 Å². The Balaban J connectivity index is 2.23. The zero-order chi connectivity index (χ0) is 13.8. The SMILES string of the molecule is CCn1nc(C)cc1CC(CO)c1cccc(F)c1. The number of hydrogen-bond acceptors (Lipinski definition) is 2. The Morgan fingerprint density at radius 3 is 2.79 bits per heavy atom. The van der Waals surface area contributed by atoms with Gasteiger partial charge in [0.25, 0.3) is 0 Å². The highest BCUT2D eigenvalue weighted by atomic mass is 19.1. The Morgan fingerprint density at radius 1 is 1.37 bits per heavy atom. The summed E-state index contributed by atoms with van der Waals surface area (Å²) >= 11 is 0. The van der Waals surface area contributed by atoms with Gasteiger partial charge in [-0.1, -0.05) is 12.1 Å². The van der Waals surface area contributed by atoms with Gasteiger partial charge in [-0.25, -0.2) is 4.39 Å². The highest BCUT2D eigenvalue weighted by molar-refractivity contribution is 5.23. The predicted molar refractivity (Wildman–Crippen MR) is 72.6 cm³/mol. The van der Waals surface area contributed by atoms with E-state index < -0.39 is 0 Å². The number of nitrogens with zero attached hydrogens (tertiary/aromatic N) is 2. The third-order valence-electron chi connectivity index (χ3n) is 3.28. The first-order chi connectivity index (χ1) is 9.13. The molecular weight excluding hydrogens is 243 g/mol. The van der Waals surface area contributed by atoms with E-state index in [0.29, 0.717) is 6.42 Å². The van der Waals surface area contributed by atoms with E-state index >= 15 is 0 Å². The van der Waals surface area contributed by atoms with E-state index in [1.54, 1.807) is 6.07 Å². The van der Waals surface area contributed by atoms with Gasteiger partial charge in [0.05, 0.1) is 12.3 Å². The molecule has 0 aliphatic heterocycles. The van der Waals surface area contributed by atoms with Crippen molar-refractivity contribution in [2.75, 3.05) is 6.61 Å². The van der Waals surface area contributed by atoms with Crippen molar-refractivity contribution in [1.29, 1.82) is 0 Å². The smallest absolute Gasteiger partial charge is 0.123 e. The lowest BCUT2D eigenvalue weighted by Gasteiger charge is -2.15. The van der Waals surface area contributed by atoms with Gasteiger partial charge < -0.3 is 5.11 Å². The van der Waals surface area contributed by atoms with Crippen LogP contribution in [0.3, 0.4) is 0 Å². The minimum atomic E-state index is -0.267. The van der Waals surface area contributed by atoms with E-state index in [0.717, 1.165) is 23.5 Å². The van der Waals surface area contributed by atoms with Gasteiger partial charge in [-0.3, -0.25) is 4.68 Å². The topological polar surface area (TPSA) is 38.0 Å². The van der Waals surface area contributed by atoms with Gasteiger partial charge in [0.2, 0.25) is 0 Å². The Hall–Kier alpha value is -1.68. The van der Waals surface area contributed by atoms with Crippen molar-refractivity contribution in [2.24, 2.45) is 0 Å².